The van der Waals surface area contributed by atoms with Gasteiger partial charge in [0.2, 0.25) is 0 Å². The fourth-order valence-electron chi connectivity index (χ4n) is 1.47. The van der Waals surface area contributed by atoms with Crippen LogP contribution in [0, 0.1) is 12.3 Å². The summed E-state index contributed by atoms with van der Waals surface area (Å²) in [7, 11) is 1.63. The zero-order valence-corrected chi connectivity index (χ0v) is 10.8. The lowest BCUT2D eigenvalue weighted by Crippen LogP contribution is -2.14. The number of rotatable bonds is 3. The van der Waals surface area contributed by atoms with Crippen LogP contribution >= 0.6 is 11.8 Å². The van der Waals surface area contributed by atoms with Gasteiger partial charge in [0.15, 0.2) is 5.16 Å². The van der Waals surface area contributed by atoms with Crippen LogP contribution in [-0.4, -0.2) is 20.6 Å². The summed E-state index contributed by atoms with van der Waals surface area (Å²) in [5, 5.41) is 14.4. The molecule has 0 aliphatic rings. The normalized spacial score (nSPS) is 10.6. The molecule has 0 spiro atoms. The van der Waals surface area contributed by atoms with Crippen molar-refractivity contribution in [3.63, 3.8) is 0 Å². The third kappa shape index (κ3) is 2.30. The van der Waals surface area contributed by atoms with E-state index in [1.807, 2.05) is 25.1 Å². The molecule has 0 radical (unpaired) electrons. The van der Waals surface area contributed by atoms with Crippen molar-refractivity contribution in [3.05, 3.63) is 39.8 Å². The average molecular weight is 263 g/mol. The highest BCUT2D eigenvalue weighted by atomic mass is 32.2. The largest absolute Gasteiger partial charge is 0.384 e. The van der Waals surface area contributed by atoms with Crippen molar-refractivity contribution in [2.24, 2.45) is 12.8 Å². The first-order valence-electron chi connectivity index (χ1n) is 5.23. The number of amidine groups is 1. The second kappa shape index (κ2) is 4.69. The van der Waals surface area contributed by atoms with E-state index in [4.69, 9.17) is 11.1 Å². The third-order valence-electron chi connectivity index (χ3n) is 2.47. The highest BCUT2D eigenvalue weighted by Gasteiger charge is 2.11. The van der Waals surface area contributed by atoms with Gasteiger partial charge >= 0.3 is 5.69 Å². The van der Waals surface area contributed by atoms with Crippen molar-refractivity contribution < 1.29 is 0 Å². The third-order valence-corrected chi connectivity index (χ3v) is 3.59. The van der Waals surface area contributed by atoms with Gasteiger partial charge in [-0.25, -0.2) is 9.89 Å². The summed E-state index contributed by atoms with van der Waals surface area (Å²) in [5.41, 5.74) is 6.96. The minimum atomic E-state index is -0.269. The van der Waals surface area contributed by atoms with Gasteiger partial charge in [0.05, 0.1) is 0 Å². The number of hydrogen-bond acceptors (Lipinski definition) is 4. The summed E-state index contributed by atoms with van der Waals surface area (Å²) in [6.07, 6.45) is 0. The summed E-state index contributed by atoms with van der Waals surface area (Å²) in [4.78, 5) is 12.1. The van der Waals surface area contributed by atoms with Crippen LogP contribution in [0.3, 0.4) is 0 Å². The van der Waals surface area contributed by atoms with Gasteiger partial charge in [0.25, 0.3) is 0 Å². The second-order valence-corrected chi connectivity index (χ2v) is 4.89. The smallest absolute Gasteiger partial charge is 0.343 e. The van der Waals surface area contributed by atoms with Gasteiger partial charge in [-0.15, -0.1) is 5.10 Å². The lowest BCUT2D eigenvalue weighted by atomic mass is 10.1. The molecule has 0 amide bonds. The van der Waals surface area contributed by atoms with Crippen molar-refractivity contribution in [2.45, 2.75) is 17.0 Å². The number of aryl methyl sites for hydroxylation is 1. The Kier molecular flexibility index (Phi) is 3.24. The first-order valence-corrected chi connectivity index (χ1v) is 6.05. The van der Waals surface area contributed by atoms with E-state index in [9.17, 15) is 4.79 Å². The fraction of sp³-hybridized carbons (Fsp3) is 0.182. The van der Waals surface area contributed by atoms with Gasteiger partial charge in [-0.3, -0.25) is 9.98 Å². The molecule has 7 heteroatoms. The Morgan fingerprint density at radius 3 is 2.83 bits per heavy atom. The standard InChI is InChI=1S/C11H13N5OS/c1-6-3-4-8(7(5-6)9(12)13)18-11-15-14-10(17)16(11)2/h3-5H,1-2H3,(H3,12,13)(H,14,17). The second-order valence-electron chi connectivity index (χ2n) is 3.89. The van der Waals surface area contributed by atoms with E-state index in [1.165, 1.54) is 16.3 Å². The Morgan fingerprint density at radius 1 is 1.56 bits per heavy atom. The number of nitrogens with zero attached hydrogens (tertiary/aromatic N) is 2. The van der Waals surface area contributed by atoms with E-state index in [-0.39, 0.29) is 11.5 Å². The molecule has 0 unspecified atom stereocenters. The van der Waals surface area contributed by atoms with Gasteiger partial charge in [0.1, 0.15) is 5.84 Å². The van der Waals surface area contributed by atoms with Crippen LogP contribution in [0.15, 0.2) is 33.0 Å². The molecule has 2 aromatic rings. The average Bonchev–Trinajstić information content (AvgIpc) is 2.63. The van der Waals surface area contributed by atoms with Gasteiger partial charge in [-0.05, 0) is 30.8 Å². The molecule has 0 atom stereocenters. The Hall–Kier alpha value is -2.02. The van der Waals surface area contributed by atoms with E-state index in [0.29, 0.717) is 10.7 Å². The maximum absolute atomic E-state index is 11.3. The van der Waals surface area contributed by atoms with Crippen LogP contribution < -0.4 is 11.4 Å². The Morgan fingerprint density at radius 2 is 2.28 bits per heavy atom. The van der Waals surface area contributed by atoms with Crippen LogP contribution in [-0.2, 0) is 7.05 Å². The zero-order valence-electron chi connectivity index (χ0n) is 10.0. The van der Waals surface area contributed by atoms with Crippen LogP contribution in [0.25, 0.3) is 0 Å². The minimum Gasteiger partial charge on any atom is -0.384 e. The maximum Gasteiger partial charge on any atom is 0.343 e. The van der Waals surface area contributed by atoms with Crippen molar-refractivity contribution in [2.75, 3.05) is 0 Å². The molecule has 0 saturated carbocycles. The molecule has 94 valence electrons. The molecule has 1 aromatic heterocycles. The number of nitrogens with one attached hydrogen (secondary N) is 2. The summed E-state index contributed by atoms with van der Waals surface area (Å²) >= 11 is 1.30. The van der Waals surface area contributed by atoms with E-state index < -0.39 is 0 Å². The van der Waals surface area contributed by atoms with Crippen LogP contribution in [0.2, 0.25) is 0 Å². The molecule has 0 fully saturated rings. The van der Waals surface area contributed by atoms with Crippen molar-refractivity contribution in [1.82, 2.24) is 14.8 Å². The van der Waals surface area contributed by atoms with Gasteiger partial charge < -0.3 is 5.73 Å². The van der Waals surface area contributed by atoms with Crippen molar-refractivity contribution in [1.29, 1.82) is 5.41 Å². The van der Waals surface area contributed by atoms with Crippen LogP contribution in [0.5, 0.6) is 0 Å². The number of aromatic nitrogens is 3. The molecule has 0 saturated heterocycles. The molecule has 18 heavy (non-hydrogen) atoms. The molecule has 1 heterocycles. The monoisotopic (exact) mass is 263 g/mol. The van der Waals surface area contributed by atoms with Crippen LogP contribution in [0.1, 0.15) is 11.1 Å². The molecule has 6 nitrogen and oxygen atoms in total. The molecule has 1 aromatic carbocycles. The summed E-state index contributed by atoms with van der Waals surface area (Å²) in [6.45, 7) is 1.94. The molecule has 0 aliphatic carbocycles. The summed E-state index contributed by atoms with van der Waals surface area (Å²) in [5.74, 6) is 0.00161. The van der Waals surface area contributed by atoms with Crippen molar-refractivity contribution in [3.8, 4) is 0 Å². The highest BCUT2D eigenvalue weighted by molar-refractivity contribution is 7.99. The highest BCUT2D eigenvalue weighted by Crippen LogP contribution is 2.28. The Labute approximate surface area is 108 Å². The van der Waals surface area contributed by atoms with E-state index in [2.05, 4.69) is 10.2 Å². The van der Waals surface area contributed by atoms with Gasteiger partial charge in [0, 0.05) is 17.5 Å². The summed E-state index contributed by atoms with van der Waals surface area (Å²) < 4.78 is 1.41. The fourth-order valence-corrected chi connectivity index (χ4v) is 2.39. The van der Waals surface area contributed by atoms with E-state index in [0.717, 1.165) is 10.5 Å². The first kappa shape index (κ1) is 12.4. The molecular weight excluding hydrogens is 250 g/mol. The lowest BCUT2D eigenvalue weighted by Gasteiger charge is -2.07. The number of aromatic amines is 1. The molecule has 2 rings (SSSR count). The number of hydrogen-bond donors (Lipinski definition) is 3. The number of nitrogens with two attached hydrogens (primary N) is 1. The van der Waals surface area contributed by atoms with Gasteiger partial charge in [-0.2, -0.15) is 0 Å². The Balaban J connectivity index is 2.43. The lowest BCUT2D eigenvalue weighted by molar-refractivity contribution is 0.766. The molecule has 4 N–H and O–H groups in total. The molecular formula is C11H13N5OS. The Bertz CT molecular complexity index is 658. The zero-order chi connectivity index (χ0) is 13.3. The number of nitrogen functional groups attached to an aromatic ring is 1. The predicted octanol–water partition coefficient (Wildman–Crippen LogP) is 0.852. The first-order chi connectivity index (χ1) is 8.49. The number of benzene rings is 1. The topological polar surface area (TPSA) is 101 Å². The quantitative estimate of drug-likeness (QED) is 0.564. The molecule has 0 bridgehead atoms. The summed E-state index contributed by atoms with van der Waals surface area (Å²) in [6, 6.07) is 5.64. The number of H-pyrrole nitrogens is 1. The van der Waals surface area contributed by atoms with E-state index in [1.54, 1.807) is 7.05 Å². The van der Waals surface area contributed by atoms with E-state index >= 15 is 0 Å². The van der Waals surface area contributed by atoms with Crippen molar-refractivity contribution >= 4 is 17.6 Å². The minimum absolute atomic E-state index is 0.00161. The van der Waals surface area contributed by atoms with Gasteiger partial charge in [-0.1, -0.05) is 11.6 Å². The SMILES string of the molecule is Cc1ccc(Sc2n[nH]c(=O)n2C)c(C(=N)N)c1. The predicted molar refractivity (Wildman–Crippen MR) is 70.1 cm³/mol. The maximum atomic E-state index is 11.3. The van der Waals surface area contributed by atoms with Crippen LogP contribution in [0.4, 0.5) is 0 Å². The molecule has 0 aliphatic heterocycles.